The third-order valence-corrected chi connectivity index (χ3v) is 4.89. The predicted octanol–water partition coefficient (Wildman–Crippen LogP) is 3.61. The van der Waals surface area contributed by atoms with Crippen LogP contribution in [0.15, 0.2) is 24.3 Å². The van der Waals surface area contributed by atoms with Crippen LogP contribution in [0.4, 0.5) is 0 Å². The Labute approximate surface area is 120 Å². The first-order valence-electron chi connectivity index (χ1n) is 7.04. The lowest BCUT2D eigenvalue weighted by Gasteiger charge is -2.37. The number of nitrogens with two attached hydrogens (primary N) is 1. The van der Waals surface area contributed by atoms with Gasteiger partial charge in [-0.15, -0.1) is 0 Å². The van der Waals surface area contributed by atoms with Crippen molar-refractivity contribution in [2.45, 2.75) is 39.0 Å². The van der Waals surface area contributed by atoms with E-state index in [0.717, 1.165) is 31.2 Å². The second-order valence-corrected chi connectivity index (χ2v) is 6.27. The van der Waals surface area contributed by atoms with Gasteiger partial charge in [-0.05, 0) is 43.2 Å². The number of ketones is 1. The Balaban J connectivity index is 2.12. The fourth-order valence-corrected chi connectivity index (χ4v) is 3.12. The average molecular weight is 280 g/mol. The number of Topliss-reactive ketones (excluding diaryl/α,β-unsaturated/α-hetero) is 1. The minimum absolute atomic E-state index is 0.259. The van der Waals surface area contributed by atoms with Crippen LogP contribution >= 0.6 is 11.6 Å². The Hall–Kier alpha value is -0.860. The summed E-state index contributed by atoms with van der Waals surface area (Å²) in [5, 5.41) is 0.673. The van der Waals surface area contributed by atoms with Crippen LogP contribution in [-0.4, -0.2) is 12.3 Å². The fourth-order valence-electron chi connectivity index (χ4n) is 2.91. The van der Waals surface area contributed by atoms with Crippen molar-refractivity contribution in [3.63, 3.8) is 0 Å². The van der Waals surface area contributed by atoms with Gasteiger partial charge in [0.15, 0.2) is 0 Å². The molecule has 2 nitrogen and oxygen atoms in total. The van der Waals surface area contributed by atoms with Crippen molar-refractivity contribution in [2.24, 2.45) is 17.1 Å². The van der Waals surface area contributed by atoms with Crippen LogP contribution in [0, 0.1) is 11.3 Å². The topological polar surface area (TPSA) is 43.1 Å². The van der Waals surface area contributed by atoms with Crippen molar-refractivity contribution in [2.75, 3.05) is 6.54 Å². The predicted molar refractivity (Wildman–Crippen MR) is 79.3 cm³/mol. The molecule has 19 heavy (non-hydrogen) atoms. The van der Waals surface area contributed by atoms with Crippen LogP contribution in [-0.2, 0) is 11.2 Å². The Morgan fingerprint density at radius 2 is 2.00 bits per heavy atom. The third kappa shape index (κ3) is 3.18. The number of benzene rings is 1. The smallest absolute Gasteiger partial charge is 0.144 e. The summed E-state index contributed by atoms with van der Waals surface area (Å²) in [6, 6.07) is 7.57. The number of hydrogen-bond donors (Lipinski definition) is 1. The summed E-state index contributed by atoms with van der Waals surface area (Å²) in [6.45, 7) is 2.71. The molecule has 1 aliphatic rings. The summed E-state index contributed by atoms with van der Waals surface area (Å²) in [4.78, 5) is 12.6. The molecule has 1 aliphatic carbocycles. The molecule has 2 N–H and O–H groups in total. The van der Waals surface area contributed by atoms with Gasteiger partial charge in [-0.2, -0.15) is 0 Å². The summed E-state index contributed by atoms with van der Waals surface area (Å²) in [7, 11) is 0. The largest absolute Gasteiger partial charge is 0.329 e. The molecule has 0 radical (unpaired) electrons. The Kier molecular flexibility index (Phi) is 4.64. The first-order chi connectivity index (χ1) is 9.07. The number of rotatable bonds is 4. The van der Waals surface area contributed by atoms with Gasteiger partial charge in [-0.1, -0.05) is 36.7 Å². The molecule has 2 rings (SSSR count). The number of carbonyl (C=O) groups excluding carboxylic acids is 1. The van der Waals surface area contributed by atoms with E-state index in [9.17, 15) is 4.79 Å². The van der Waals surface area contributed by atoms with Crippen molar-refractivity contribution in [1.82, 2.24) is 0 Å². The average Bonchev–Trinajstić information content (AvgIpc) is 2.42. The van der Waals surface area contributed by atoms with E-state index in [1.54, 1.807) is 0 Å². The molecule has 1 fully saturated rings. The summed E-state index contributed by atoms with van der Waals surface area (Å²) < 4.78 is 0. The van der Waals surface area contributed by atoms with Crippen LogP contribution in [0.3, 0.4) is 0 Å². The summed E-state index contributed by atoms with van der Waals surface area (Å²) in [6.07, 6.45) is 4.46. The Morgan fingerprint density at radius 3 is 2.58 bits per heavy atom. The second-order valence-electron chi connectivity index (χ2n) is 5.86. The van der Waals surface area contributed by atoms with Gasteiger partial charge in [0.05, 0.1) is 0 Å². The summed E-state index contributed by atoms with van der Waals surface area (Å²) in [5.41, 5.74) is 6.53. The maximum absolute atomic E-state index is 12.6. The van der Waals surface area contributed by atoms with E-state index in [0.29, 0.717) is 23.9 Å². The highest BCUT2D eigenvalue weighted by atomic mass is 35.5. The van der Waals surface area contributed by atoms with Crippen molar-refractivity contribution >= 4 is 17.4 Å². The van der Waals surface area contributed by atoms with Crippen molar-refractivity contribution in [3.05, 3.63) is 34.9 Å². The third-order valence-electron chi connectivity index (χ3n) is 4.52. The van der Waals surface area contributed by atoms with Crippen LogP contribution in [0.1, 0.15) is 38.2 Å². The highest BCUT2D eigenvalue weighted by molar-refractivity contribution is 6.31. The molecular weight excluding hydrogens is 258 g/mol. The van der Waals surface area contributed by atoms with Crippen LogP contribution < -0.4 is 5.73 Å². The molecule has 0 unspecified atom stereocenters. The molecule has 3 heteroatoms. The normalized spacial score (nSPS) is 27.2. The lowest BCUT2D eigenvalue weighted by atomic mass is 9.67. The molecule has 1 saturated carbocycles. The van der Waals surface area contributed by atoms with Crippen LogP contribution in [0.5, 0.6) is 0 Å². The molecule has 104 valence electrons. The maximum atomic E-state index is 12.6. The fraction of sp³-hybridized carbons (Fsp3) is 0.562. The van der Waals surface area contributed by atoms with Gasteiger partial charge in [0, 0.05) is 23.4 Å². The highest BCUT2D eigenvalue weighted by Crippen LogP contribution is 2.39. The van der Waals surface area contributed by atoms with Gasteiger partial charge in [0.2, 0.25) is 0 Å². The van der Waals surface area contributed by atoms with E-state index in [2.05, 4.69) is 6.92 Å². The molecule has 0 aromatic heterocycles. The molecule has 0 heterocycles. The molecule has 0 bridgehead atoms. The van der Waals surface area contributed by atoms with Gasteiger partial charge in [0.1, 0.15) is 5.78 Å². The lowest BCUT2D eigenvalue weighted by molar-refractivity contribution is -0.129. The highest BCUT2D eigenvalue weighted by Gasteiger charge is 2.39. The standard InChI is InChI=1S/C16H22ClNO/c1-12-6-8-16(11-18,9-7-12)15(19)10-13-4-2-3-5-14(13)17/h2-5,12H,6-11,18H2,1H3. The van der Waals surface area contributed by atoms with Crippen molar-refractivity contribution < 1.29 is 4.79 Å². The second kappa shape index (κ2) is 6.06. The molecular formula is C16H22ClNO. The number of carbonyl (C=O) groups is 1. The quantitative estimate of drug-likeness (QED) is 0.915. The van der Waals surface area contributed by atoms with Gasteiger partial charge in [0.25, 0.3) is 0 Å². The van der Waals surface area contributed by atoms with E-state index in [-0.39, 0.29) is 11.2 Å². The summed E-state index contributed by atoms with van der Waals surface area (Å²) >= 11 is 6.14. The van der Waals surface area contributed by atoms with Crippen LogP contribution in [0.25, 0.3) is 0 Å². The number of hydrogen-bond acceptors (Lipinski definition) is 2. The lowest BCUT2D eigenvalue weighted by Crippen LogP contribution is -2.42. The van der Waals surface area contributed by atoms with E-state index < -0.39 is 0 Å². The zero-order chi connectivity index (χ0) is 13.9. The minimum atomic E-state index is -0.314. The van der Waals surface area contributed by atoms with Crippen LogP contribution in [0.2, 0.25) is 5.02 Å². The molecule has 1 aromatic carbocycles. The molecule has 0 amide bonds. The van der Waals surface area contributed by atoms with Gasteiger partial charge in [-0.25, -0.2) is 0 Å². The monoisotopic (exact) mass is 279 g/mol. The van der Waals surface area contributed by atoms with E-state index in [1.165, 1.54) is 0 Å². The SMILES string of the molecule is CC1CCC(CN)(C(=O)Cc2ccccc2Cl)CC1. The Bertz CT molecular complexity index is 450. The van der Waals surface area contributed by atoms with Crippen molar-refractivity contribution in [1.29, 1.82) is 0 Å². The molecule has 1 aromatic rings. The molecule has 0 saturated heterocycles. The van der Waals surface area contributed by atoms with Gasteiger partial charge in [-0.3, -0.25) is 4.79 Å². The molecule has 0 spiro atoms. The maximum Gasteiger partial charge on any atom is 0.144 e. The van der Waals surface area contributed by atoms with E-state index in [1.807, 2.05) is 24.3 Å². The molecule has 0 aliphatic heterocycles. The van der Waals surface area contributed by atoms with E-state index in [4.69, 9.17) is 17.3 Å². The first-order valence-corrected chi connectivity index (χ1v) is 7.42. The summed E-state index contributed by atoms with van der Waals surface area (Å²) in [5.74, 6) is 0.975. The first kappa shape index (κ1) is 14.5. The zero-order valence-electron chi connectivity index (χ0n) is 11.5. The number of halogens is 1. The zero-order valence-corrected chi connectivity index (χ0v) is 12.2. The van der Waals surface area contributed by atoms with Gasteiger partial charge < -0.3 is 5.73 Å². The van der Waals surface area contributed by atoms with E-state index >= 15 is 0 Å². The van der Waals surface area contributed by atoms with Gasteiger partial charge >= 0.3 is 0 Å². The minimum Gasteiger partial charge on any atom is -0.329 e. The molecule has 0 atom stereocenters. The Morgan fingerprint density at radius 1 is 1.37 bits per heavy atom. The van der Waals surface area contributed by atoms with Crippen molar-refractivity contribution in [3.8, 4) is 0 Å².